The molecule has 0 aliphatic rings. The zero-order chi connectivity index (χ0) is 31.1. The fourth-order valence-corrected chi connectivity index (χ4v) is 4.19. The summed E-state index contributed by atoms with van der Waals surface area (Å²) in [6.07, 6.45) is -6.59. The monoisotopic (exact) mass is 605 g/mol. The van der Waals surface area contributed by atoms with Crippen LogP contribution in [0.3, 0.4) is 0 Å². The number of amides is 3. The number of benzene rings is 3. The van der Waals surface area contributed by atoms with E-state index >= 15 is 0 Å². The molecule has 2 aromatic heterocycles. The zero-order valence-electron chi connectivity index (χ0n) is 21.7. The number of aromatic nitrogens is 4. The van der Waals surface area contributed by atoms with Gasteiger partial charge in [0.15, 0.2) is 0 Å². The van der Waals surface area contributed by atoms with Crippen LogP contribution in [-0.2, 0) is 19.4 Å². The van der Waals surface area contributed by atoms with Gasteiger partial charge in [-0.2, -0.15) is 36.5 Å². The number of hydrogen-bond acceptors (Lipinski definition) is 4. The second kappa shape index (κ2) is 10.8. The van der Waals surface area contributed by atoms with Crippen LogP contribution in [0.1, 0.15) is 21.5 Å². The van der Waals surface area contributed by atoms with Crippen LogP contribution in [0.25, 0.3) is 22.2 Å². The van der Waals surface area contributed by atoms with Gasteiger partial charge in [0.1, 0.15) is 11.5 Å². The number of aromatic amines is 1. The predicted octanol–water partition coefficient (Wildman–Crippen LogP) is 7.04. The molecule has 0 bridgehead atoms. The normalized spacial score (nSPS) is 11.9. The lowest BCUT2D eigenvalue weighted by atomic mass is 10.0. The van der Waals surface area contributed by atoms with Gasteiger partial charge in [0, 0.05) is 35.6 Å². The molecule has 5 aromatic rings. The van der Waals surface area contributed by atoms with Crippen molar-refractivity contribution >= 4 is 39.9 Å². The van der Waals surface area contributed by atoms with Crippen LogP contribution in [0.15, 0.2) is 67.0 Å². The number of aryl methyl sites for hydroxylation is 1. The summed E-state index contributed by atoms with van der Waals surface area (Å²) in [5.74, 6) is -2.31. The molecule has 222 valence electrons. The number of fused-ring (bicyclic) bond motifs is 1. The van der Waals surface area contributed by atoms with Gasteiger partial charge in [-0.1, -0.05) is 0 Å². The number of carbonyl (C=O) groups is 2. The summed E-state index contributed by atoms with van der Waals surface area (Å²) in [7, 11) is 1.71. The molecule has 0 aliphatic heterocycles. The van der Waals surface area contributed by atoms with Crippen molar-refractivity contribution < 1.29 is 40.3 Å². The molecule has 0 unspecified atom stereocenters. The lowest BCUT2D eigenvalue weighted by molar-refractivity contribution is -0.138. The topological polar surface area (TPSA) is 117 Å². The molecule has 0 saturated heterocycles. The maximum absolute atomic E-state index is 14.0. The summed E-state index contributed by atoms with van der Waals surface area (Å²) >= 11 is 0. The average Bonchev–Trinajstić information content (AvgIpc) is 3.54. The van der Waals surface area contributed by atoms with Crippen molar-refractivity contribution in [3.05, 3.63) is 89.5 Å². The number of H-pyrrole nitrogens is 1. The van der Waals surface area contributed by atoms with E-state index in [0.29, 0.717) is 46.4 Å². The predicted molar refractivity (Wildman–Crippen MR) is 142 cm³/mol. The molecule has 0 spiro atoms. The maximum Gasteiger partial charge on any atom is 0.417 e. The molecule has 3 amide bonds. The number of urea groups is 1. The van der Waals surface area contributed by atoms with E-state index in [2.05, 4.69) is 20.6 Å². The van der Waals surface area contributed by atoms with E-state index in [1.54, 1.807) is 30.2 Å². The Kier molecular flexibility index (Phi) is 7.29. The van der Waals surface area contributed by atoms with Gasteiger partial charge < -0.3 is 16.0 Å². The highest BCUT2D eigenvalue weighted by molar-refractivity contribution is 6.07. The number of hydrogen-bond donors (Lipinski definition) is 4. The van der Waals surface area contributed by atoms with Crippen LogP contribution in [0.2, 0.25) is 0 Å². The van der Waals surface area contributed by atoms with Gasteiger partial charge in [-0.05, 0) is 54.6 Å². The second-order valence-corrected chi connectivity index (χ2v) is 9.22. The smallest absolute Gasteiger partial charge is 0.322 e. The minimum Gasteiger partial charge on any atom is -0.322 e. The first-order valence-electron chi connectivity index (χ1n) is 12.1. The summed E-state index contributed by atoms with van der Waals surface area (Å²) in [6.45, 7) is 0. The van der Waals surface area contributed by atoms with Crippen LogP contribution in [0.4, 0.5) is 52.6 Å². The maximum atomic E-state index is 14.0. The van der Waals surface area contributed by atoms with Crippen LogP contribution in [-0.4, -0.2) is 31.9 Å². The SMILES string of the molecule is Cn1cc(-c2n[nH]c3ccc(NC(=O)c4ccc(NC(=O)Nc5cc(C(F)(F)F)ccc5F)cc4C(F)(F)F)cc23)cn1. The molecule has 4 N–H and O–H groups in total. The first kappa shape index (κ1) is 29.1. The number of nitrogens with one attached hydrogen (secondary N) is 4. The van der Waals surface area contributed by atoms with Gasteiger partial charge in [0.25, 0.3) is 5.91 Å². The Morgan fingerprint density at radius 2 is 1.58 bits per heavy atom. The highest BCUT2D eigenvalue weighted by Crippen LogP contribution is 2.35. The Morgan fingerprint density at radius 3 is 2.26 bits per heavy atom. The van der Waals surface area contributed by atoms with Crippen molar-refractivity contribution in [2.24, 2.45) is 7.05 Å². The van der Waals surface area contributed by atoms with E-state index in [1.165, 1.54) is 12.1 Å². The van der Waals surface area contributed by atoms with Gasteiger partial charge in [0.2, 0.25) is 0 Å². The molecule has 5 rings (SSSR count). The second-order valence-electron chi connectivity index (χ2n) is 9.22. The molecular formula is C27H18F7N7O2. The van der Waals surface area contributed by atoms with E-state index in [-0.39, 0.29) is 5.69 Å². The van der Waals surface area contributed by atoms with Crippen molar-refractivity contribution in [3.63, 3.8) is 0 Å². The third-order valence-corrected chi connectivity index (χ3v) is 6.17. The number of carbonyl (C=O) groups excluding carboxylic acids is 2. The first-order valence-corrected chi connectivity index (χ1v) is 12.1. The highest BCUT2D eigenvalue weighted by atomic mass is 19.4. The lowest BCUT2D eigenvalue weighted by Crippen LogP contribution is -2.22. The van der Waals surface area contributed by atoms with Crippen LogP contribution in [0.5, 0.6) is 0 Å². The Morgan fingerprint density at radius 1 is 0.860 bits per heavy atom. The van der Waals surface area contributed by atoms with E-state index in [1.807, 2.05) is 10.6 Å². The molecule has 43 heavy (non-hydrogen) atoms. The Hall–Kier alpha value is -5.41. The van der Waals surface area contributed by atoms with Gasteiger partial charge in [0.05, 0.1) is 34.1 Å². The highest BCUT2D eigenvalue weighted by Gasteiger charge is 2.36. The zero-order valence-corrected chi connectivity index (χ0v) is 21.7. The molecule has 2 heterocycles. The largest absolute Gasteiger partial charge is 0.417 e. The Labute approximate surface area is 236 Å². The quantitative estimate of drug-likeness (QED) is 0.161. The number of rotatable bonds is 5. The summed E-state index contributed by atoms with van der Waals surface area (Å²) in [5, 5.41) is 18.0. The van der Waals surface area contributed by atoms with Crippen molar-refractivity contribution in [1.82, 2.24) is 20.0 Å². The first-order chi connectivity index (χ1) is 20.2. The van der Waals surface area contributed by atoms with Gasteiger partial charge in [-0.15, -0.1) is 0 Å². The number of halogens is 7. The number of anilines is 3. The minimum absolute atomic E-state index is 0.168. The van der Waals surface area contributed by atoms with Crippen molar-refractivity contribution in [2.75, 3.05) is 16.0 Å². The lowest BCUT2D eigenvalue weighted by Gasteiger charge is -2.16. The summed E-state index contributed by atoms with van der Waals surface area (Å²) in [6, 6.07) is 6.80. The fraction of sp³-hybridized carbons (Fsp3) is 0.111. The summed E-state index contributed by atoms with van der Waals surface area (Å²) < 4.78 is 96.1. The van der Waals surface area contributed by atoms with E-state index in [4.69, 9.17) is 0 Å². The molecule has 0 aliphatic carbocycles. The van der Waals surface area contributed by atoms with Gasteiger partial charge in [-0.3, -0.25) is 14.6 Å². The standard InChI is InChI=1S/C27H18F7N7O2/c1-41-12-13(11-35-41)23-18-9-15(4-7-21(18)39-40-23)36-24(42)17-5-3-16(10-19(17)27(32,33)34)37-25(43)38-22-8-14(26(29,30)31)2-6-20(22)28/h2-12H,1H3,(H,36,42)(H,39,40)(H2,37,38,43). The third kappa shape index (κ3) is 6.27. The van der Waals surface area contributed by atoms with E-state index in [9.17, 15) is 40.3 Å². The van der Waals surface area contributed by atoms with Gasteiger partial charge >= 0.3 is 18.4 Å². The molecule has 16 heteroatoms. The minimum atomic E-state index is -5.05. The number of nitrogens with zero attached hydrogens (tertiary/aromatic N) is 3. The molecule has 3 aromatic carbocycles. The third-order valence-electron chi connectivity index (χ3n) is 6.17. The van der Waals surface area contributed by atoms with Crippen molar-refractivity contribution in [1.29, 1.82) is 0 Å². The average molecular weight is 605 g/mol. The summed E-state index contributed by atoms with van der Waals surface area (Å²) in [5.41, 5.74) is -2.80. The van der Waals surface area contributed by atoms with Crippen LogP contribution < -0.4 is 16.0 Å². The molecule has 0 atom stereocenters. The van der Waals surface area contributed by atoms with Gasteiger partial charge in [-0.25, -0.2) is 9.18 Å². The van der Waals surface area contributed by atoms with Crippen LogP contribution in [0, 0.1) is 5.82 Å². The molecule has 9 nitrogen and oxygen atoms in total. The van der Waals surface area contributed by atoms with Crippen molar-refractivity contribution in [2.45, 2.75) is 12.4 Å². The number of alkyl halides is 6. The Balaban J connectivity index is 1.37. The van der Waals surface area contributed by atoms with Crippen LogP contribution >= 0.6 is 0 Å². The van der Waals surface area contributed by atoms with Crippen molar-refractivity contribution in [3.8, 4) is 11.3 Å². The van der Waals surface area contributed by atoms with E-state index in [0.717, 1.165) is 12.1 Å². The fourth-order valence-electron chi connectivity index (χ4n) is 4.19. The molecular weight excluding hydrogens is 587 g/mol. The molecule has 0 fully saturated rings. The molecule has 0 saturated carbocycles. The van der Waals surface area contributed by atoms with E-state index < -0.39 is 58.2 Å². The molecule has 0 radical (unpaired) electrons. The Bertz CT molecular complexity index is 1860. The summed E-state index contributed by atoms with van der Waals surface area (Å²) in [4.78, 5) is 25.2.